The molecule has 1 aliphatic heterocycles. The van der Waals surface area contributed by atoms with Gasteiger partial charge < -0.3 is 9.64 Å². The highest BCUT2D eigenvalue weighted by atomic mass is 16.5. The predicted octanol–water partition coefficient (Wildman–Crippen LogP) is 2.77. The molecule has 1 saturated heterocycles. The summed E-state index contributed by atoms with van der Waals surface area (Å²) in [4.78, 5) is 14.7. The number of nitrogens with zero attached hydrogens (tertiary/aromatic N) is 1. The third kappa shape index (κ3) is 3.98. The van der Waals surface area contributed by atoms with Gasteiger partial charge >= 0.3 is 0 Å². The summed E-state index contributed by atoms with van der Waals surface area (Å²) in [6.07, 6.45) is 6.58. The second kappa shape index (κ2) is 7.59. The molecule has 0 aromatic heterocycles. The van der Waals surface area contributed by atoms with Crippen molar-refractivity contribution >= 4 is 5.91 Å². The van der Waals surface area contributed by atoms with Crippen molar-refractivity contribution in [1.82, 2.24) is 10.2 Å². The van der Waals surface area contributed by atoms with Crippen LogP contribution in [0.2, 0.25) is 0 Å². The van der Waals surface area contributed by atoms with E-state index in [0.29, 0.717) is 24.5 Å². The maximum absolute atomic E-state index is 12.7. The van der Waals surface area contributed by atoms with Crippen LogP contribution in [0.25, 0.3) is 0 Å². The molecule has 0 spiro atoms. The van der Waals surface area contributed by atoms with Gasteiger partial charge in [0.05, 0.1) is 24.9 Å². The van der Waals surface area contributed by atoms with Crippen LogP contribution in [0.3, 0.4) is 0 Å². The first-order chi connectivity index (χ1) is 10.0. The third-order valence-corrected chi connectivity index (χ3v) is 5.07. The lowest BCUT2D eigenvalue weighted by molar-refractivity contribution is -0.132. The number of nitrogens with one attached hydrogen (secondary N) is 1. The number of carbonyl (C=O) groups excluding carboxylic acids is 1. The lowest BCUT2D eigenvalue weighted by atomic mass is 9.99. The fourth-order valence-corrected chi connectivity index (χ4v) is 3.48. The molecule has 0 aromatic rings. The minimum atomic E-state index is -0.0196. The maximum atomic E-state index is 12.7. The van der Waals surface area contributed by atoms with Crippen LogP contribution in [0.15, 0.2) is 0 Å². The Kier molecular flexibility index (Phi) is 6.06. The first-order valence-corrected chi connectivity index (χ1v) is 8.72. The number of carbonyl (C=O) groups is 1. The summed E-state index contributed by atoms with van der Waals surface area (Å²) in [6.45, 7) is 10.1. The normalized spacial score (nSPS) is 28.8. The zero-order chi connectivity index (χ0) is 15.4. The zero-order valence-electron chi connectivity index (χ0n) is 14.1. The molecule has 21 heavy (non-hydrogen) atoms. The van der Waals surface area contributed by atoms with E-state index in [-0.39, 0.29) is 18.1 Å². The number of hydrogen-bond acceptors (Lipinski definition) is 3. The van der Waals surface area contributed by atoms with E-state index >= 15 is 0 Å². The van der Waals surface area contributed by atoms with E-state index in [9.17, 15) is 4.79 Å². The molecule has 1 saturated carbocycles. The van der Waals surface area contributed by atoms with Crippen molar-refractivity contribution in [2.24, 2.45) is 11.8 Å². The molecular formula is C17H32N2O2. The molecule has 4 heteroatoms. The molecule has 2 fully saturated rings. The van der Waals surface area contributed by atoms with Gasteiger partial charge in [0, 0.05) is 6.54 Å². The molecule has 1 amide bonds. The molecule has 2 aliphatic rings. The average molecular weight is 296 g/mol. The minimum Gasteiger partial charge on any atom is -0.376 e. The van der Waals surface area contributed by atoms with Crippen LogP contribution in [0.4, 0.5) is 0 Å². The van der Waals surface area contributed by atoms with Crippen LogP contribution in [0.1, 0.15) is 59.8 Å². The molecule has 4 nitrogen and oxygen atoms in total. The van der Waals surface area contributed by atoms with Crippen LogP contribution in [0, 0.1) is 11.8 Å². The molecule has 0 bridgehead atoms. The summed E-state index contributed by atoms with van der Waals surface area (Å²) in [5, 5.41) is 3.54. The van der Waals surface area contributed by atoms with Gasteiger partial charge in [-0.25, -0.2) is 0 Å². The van der Waals surface area contributed by atoms with Crippen molar-refractivity contribution in [3.05, 3.63) is 0 Å². The van der Waals surface area contributed by atoms with E-state index in [2.05, 4.69) is 33.0 Å². The fraction of sp³-hybridized carbons (Fsp3) is 0.941. The second-order valence-corrected chi connectivity index (χ2v) is 7.03. The van der Waals surface area contributed by atoms with E-state index < -0.39 is 0 Å². The van der Waals surface area contributed by atoms with Gasteiger partial charge in [0.2, 0.25) is 5.91 Å². The summed E-state index contributed by atoms with van der Waals surface area (Å²) in [7, 11) is 0. The fourth-order valence-electron chi connectivity index (χ4n) is 3.48. The largest absolute Gasteiger partial charge is 0.376 e. The van der Waals surface area contributed by atoms with Gasteiger partial charge in [-0.15, -0.1) is 0 Å². The van der Waals surface area contributed by atoms with Gasteiger partial charge in [-0.2, -0.15) is 0 Å². The predicted molar refractivity (Wildman–Crippen MR) is 84.9 cm³/mol. The monoisotopic (exact) mass is 296 g/mol. The topological polar surface area (TPSA) is 41.6 Å². The summed E-state index contributed by atoms with van der Waals surface area (Å²) in [5.41, 5.74) is 0. The molecule has 2 rings (SSSR count). The molecular weight excluding hydrogens is 264 g/mol. The maximum Gasteiger partial charge on any atom is 0.241 e. The highest BCUT2D eigenvalue weighted by Crippen LogP contribution is 2.24. The Labute approximate surface area is 129 Å². The van der Waals surface area contributed by atoms with Crippen molar-refractivity contribution in [1.29, 1.82) is 0 Å². The summed E-state index contributed by atoms with van der Waals surface area (Å²) in [6, 6.07) is -0.0196. The summed E-state index contributed by atoms with van der Waals surface area (Å²) < 4.78 is 5.94. The summed E-state index contributed by atoms with van der Waals surface area (Å²) >= 11 is 0. The number of rotatable bonds is 7. The average Bonchev–Trinajstić information content (AvgIpc) is 3.07. The van der Waals surface area contributed by atoms with Crippen LogP contribution in [-0.2, 0) is 9.53 Å². The molecule has 3 atom stereocenters. The van der Waals surface area contributed by atoms with E-state index in [0.717, 1.165) is 13.0 Å². The Morgan fingerprint density at radius 1 is 1.29 bits per heavy atom. The van der Waals surface area contributed by atoms with Crippen molar-refractivity contribution in [3.8, 4) is 0 Å². The van der Waals surface area contributed by atoms with E-state index in [1.807, 2.05) is 4.90 Å². The standard InChI is InChI=1S/C17H32N2O2/c1-5-13(4)15-17(20)19(16(18-15)12(2)3)10-11-21-14-8-6-7-9-14/h12-16,18H,5-11H2,1-4H3. The van der Waals surface area contributed by atoms with Gasteiger partial charge in [0.15, 0.2) is 0 Å². The van der Waals surface area contributed by atoms with Crippen molar-refractivity contribution in [3.63, 3.8) is 0 Å². The minimum absolute atomic E-state index is 0.0196. The Balaban J connectivity index is 1.89. The van der Waals surface area contributed by atoms with E-state index in [1.165, 1.54) is 25.7 Å². The van der Waals surface area contributed by atoms with Crippen molar-refractivity contribution in [2.45, 2.75) is 78.1 Å². The quantitative estimate of drug-likeness (QED) is 0.785. The zero-order valence-corrected chi connectivity index (χ0v) is 14.1. The molecule has 0 radical (unpaired) electrons. The van der Waals surface area contributed by atoms with Gasteiger partial charge in [-0.1, -0.05) is 47.0 Å². The van der Waals surface area contributed by atoms with Gasteiger partial charge in [-0.05, 0) is 24.7 Å². The second-order valence-electron chi connectivity index (χ2n) is 7.03. The van der Waals surface area contributed by atoms with Crippen LogP contribution < -0.4 is 5.32 Å². The molecule has 122 valence electrons. The van der Waals surface area contributed by atoms with Gasteiger partial charge in [0.1, 0.15) is 0 Å². The Morgan fingerprint density at radius 2 is 1.95 bits per heavy atom. The highest BCUT2D eigenvalue weighted by Gasteiger charge is 2.41. The Morgan fingerprint density at radius 3 is 2.52 bits per heavy atom. The van der Waals surface area contributed by atoms with E-state index in [4.69, 9.17) is 4.74 Å². The highest BCUT2D eigenvalue weighted by molar-refractivity contribution is 5.84. The Bertz CT molecular complexity index is 340. The number of ether oxygens (including phenoxy) is 1. The lowest BCUT2D eigenvalue weighted by Crippen LogP contribution is -2.43. The van der Waals surface area contributed by atoms with Gasteiger partial charge in [-0.3, -0.25) is 10.1 Å². The number of hydrogen-bond donors (Lipinski definition) is 1. The molecule has 3 unspecified atom stereocenters. The van der Waals surface area contributed by atoms with Crippen molar-refractivity contribution in [2.75, 3.05) is 13.2 Å². The molecule has 0 aromatic carbocycles. The van der Waals surface area contributed by atoms with Crippen LogP contribution >= 0.6 is 0 Å². The third-order valence-electron chi connectivity index (χ3n) is 5.07. The molecule has 1 N–H and O–H groups in total. The SMILES string of the molecule is CCC(C)C1NC(C(C)C)N(CCOC2CCCC2)C1=O. The van der Waals surface area contributed by atoms with Gasteiger partial charge in [0.25, 0.3) is 0 Å². The van der Waals surface area contributed by atoms with Crippen molar-refractivity contribution < 1.29 is 9.53 Å². The van der Waals surface area contributed by atoms with E-state index in [1.54, 1.807) is 0 Å². The molecule has 1 aliphatic carbocycles. The first kappa shape index (κ1) is 16.8. The first-order valence-electron chi connectivity index (χ1n) is 8.72. The Hall–Kier alpha value is -0.610. The van der Waals surface area contributed by atoms with Crippen LogP contribution in [0.5, 0.6) is 0 Å². The smallest absolute Gasteiger partial charge is 0.241 e. The summed E-state index contributed by atoms with van der Waals surface area (Å²) in [5.74, 6) is 1.08. The lowest BCUT2D eigenvalue weighted by Gasteiger charge is -2.27. The number of amides is 1. The molecule has 1 heterocycles. The van der Waals surface area contributed by atoms with Crippen LogP contribution in [-0.4, -0.2) is 42.3 Å².